The minimum absolute atomic E-state index is 0.0651. The highest BCUT2D eigenvalue weighted by molar-refractivity contribution is 6.52. The van der Waals surface area contributed by atoms with E-state index in [1.165, 1.54) is 5.06 Å². The lowest BCUT2D eigenvalue weighted by Crippen LogP contribution is -2.37. The van der Waals surface area contributed by atoms with Crippen molar-refractivity contribution in [3.05, 3.63) is 0 Å². The smallest absolute Gasteiger partial charge is 0.252 e. The lowest BCUT2D eigenvalue weighted by Gasteiger charge is -2.26. The maximum atomic E-state index is 11.6. The predicted molar refractivity (Wildman–Crippen MR) is 49.4 cm³/mol. The van der Waals surface area contributed by atoms with E-state index in [1.807, 2.05) is 0 Å². The summed E-state index contributed by atoms with van der Waals surface area (Å²) < 4.78 is -0.835. The number of carbonyl (C=O) groups is 1. The van der Waals surface area contributed by atoms with Crippen molar-refractivity contribution in [1.82, 2.24) is 5.06 Å². The molecule has 2 aliphatic rings. The third kappa shape index (κ3) is 1.92. The van der Waals surface area contributed by atoms with Crippen molar-refractivity contribution in [2.75, 3.05) is 13.2 Å². The Morgan fingerprint density at radius 3 is 2.62 bits per heavy atom. The van der Waals surface area contributed by atoms with Crippen LogP contribution in [0, 0.1) is 5.92 Å². The van der Waals surface area contributed by atoms with Crippen LogP contribution in [0.2, 0.25) is 0 Å². The third-order valence-corrected chi connectivity index (χ3v) is 3.21. The predicted octanol–water partition coefficient (Wildman–Crippen LogP) is 1.73. The van der Waals surface area contributed by atoms with Crippen LogP contribution in [0.4, 0.5) is 0 Å². The van der Waals surface area contributed by atoms with E-state index < -0.39 is 4.33 Å². The van der Waals surface area contributed by atoms with Gasteiger partial charge in [-0.2, -0.15) is 0 Å². The molecule has 1 unspecified atom stereocenters. The van der Waals surface area contributed by atoms with Gasteiger partial charge in [-0.15, -0.1) is 23.2 Å². The Bertz CT molecular complexity index is 226. The molecule has 0 aromatic rings. The molecule has 0 aromatic heterocycles. The normalized spacial score (nSPS) is 31.5. The van der Waals surface area contributed by atoms with E-state index in [9.17, 15) is 4.79 Å². The highest BCUT2D eigenvalue weighted by atomic mass is 35.5. The van der Waals surface area contributed by atoms with Crippen LogP contribution in [0.1, 0.15) is 19.3 Å². The minimum atomic E-state index is -0.835. The van der Waals surface area contributed by atoms with Gasteiger partial charge in [0.2, 0.25) is 0 Å². The summed E-state index contributed by atoms with van der Waals surface area (Å²) in [6.07, 6.45) is 2.56. The van der Waals surface area contributed by atoms with Crippen molar-refractivity contribution >= 4 is 29.1 Å². The molecule has 2 rings (SSSR count). The molecule has 1 atom stereocenters. The van der Waals surface area contributed by atoms with Crippen LogP contribution in [-0.4, -0.2) is 28.5 Å². The van der Waals surface area contributed by atoms with Gasteiger partial charge in [-0.05, 0) is 19.3 Å². The maximum Gasteiger partial charge on any atom is 0.252 e. The summed E-state index contributed by atoms with van der Waals surface area (Å²) in [4.78, 5) is 16.8. The number of alkyl halides is 2. The van der Waals surface area contributed by atoms with Crippen molar-refractivity contribution in [1.29, 1.82) is 0 Å². The number of rotatable bonds is 1. The van der Waals surface area contributed by atoms with Crippen molar-refractivity contribution in [2.45, 2.75) is 23.6 Å². The standard InChI is InChI=1S/C8H11Cl2NO2/c9-8(10)5-6(8)7(12)11-3-1-2-4-13-11/h6H,1-5H2. The summed E-state index contributed by atoms with van der Waals surface area (Å²) in [6, 6.07) is 0. The molecule has 1 amide bonds. The van der Waals surface area contributed by atoms with E-state index in [-0.39, 0.29) is 11.8 Å². The Kier molecular flexibility index (Phi) is 2.43. The van der Waals surface area contributed by atoms with E-state index in [0.29, 0.717) is 19.6 Å². The number of nitrogens with zero attached hydrogens (tertiary/aromatic N) is 1. The topological polar surface area (TPSA) is 29.5 Å². The molecule has 0 bridgehead atoms. The molecule has 0 radical (unpaired) electrons. The summed E-state index contributed by atoms with van der Waals surface area (Å²) in [5, 5.41) is 1.40. The van der Waals surface area contributed by atoms with E-state index in [2.05, 4.69) is 0 Å². The zero-order chi connectivity index (χ0) is 9.47. The number of amides is 1. The Labute approximate surface area is 86.9 Å². The summed E-state index contributed by atoms with van der Waals surface area (Å²) in [5.41, 5.74) is 0. The highest BCUT2D eigenvalue weighted by Crippen LogP contribution is 2.54. The molecule has 1 aliphatic heterocycles. The molecule has 3 nitrogen and oxygen atoms in total. The molecule has 1 saturated carbocycles. The average Bonchev–Trinajstić information content (AvgIpc) is 2.76. The zero-order valence-electron chi connectivity index (χ0n) is 7.13. The second-order valence-electron chi connectivity index (χ2n) is 3.50. The fraction of sp³-hybridized carbons (Fsp3) is 0.875. The van der Waals surface area contributed by atoms with Crippen molar-refractivity contribution in [3.63, 3.8) is 0 Å². The van der Waals surface area contributed by atoms with E-state index >= 15 is 0 Å². The van der Waals surface area contributed by atoms with Gasteiger partial charge in [0, 0.05) is 6.54 Å². The molecular weight excluding hydrogens is 213 g/mol. The molecule has 0 N–H and O–H groups in total. The molecular formula is C8H11Cl2NO2. The number of halogens is 2. The van der Waals surface area contributed by atoms with Gasteiger partial charge in [0.1, 0.15) is 4.33 Å². The fourth-order valence-electron chi connectivity index (χ4n) is 1.43. The van der Waals surface area contributed by atoms with Crippen molar-refractivity contribution in [3.8, 4) is 0 Å². The van der Waals surface area contributed by atoms with Crippen LogP contribution >= 0.6 is 23.2 Å². The third-order valence-electron chi connectivity index (χ3n) is 2.37. The lowest BCUT2D eigenvalue weighted by atomic mass is 10.3. The molecule has 1 saturated heterocycles. The number of hydrogen-bond donors (Lipinski definition) is 0. The first kappa shape index (κ1) is 9.56. The van der Waals surface area contributed by atoms with Crippen LogP contribution in [0.3, 0.4) is 0 Å². The van der Waals surface area contributed by atoms with Crippen LogP contribution in [0.15, 0.2) is 0 Å². The van der Waals surface area contributed by atoms with E-state index in [4.69, 9.17) is 28.0 Å². The zero-order valence-corrected chi connectivity index (χ0v) is 8.64. The van der Waals surface area contributed by atoms with Crippen molar-refractivity contribution in [2.24, 2.45) is 5.92 Å². The van der Waals surface area contributed by atoms with Gasteiger partial charge in [-0.25, -0.2) is 5.06 Å². The van der Waals surface area contributed by atoms with Crippen LogP contribution < -0.4 is 0 Å². The van der Waals surface area contributed by atoms with Gasteiger partial charge in [0.05, 0.1) is 12.5 Å². The second-order valence-corrected chi connectivity index (χ2v) is 5.04. The summed E-state index contributed by atoms with van der Waals surface area (Å²) >= 11 is 11.6. The SMILES string of the molecule is O=C(C1CC1(Cl)Cl)N1CCCCO1. The Hall–Kier alpha value is 0.01000. The first-order chi connectivity index (χ1) is 6.11. The summed E-state index contributed by atoms with van der Waals surface area (Å²) in [7, 11) is 0. The summed E-state index contributed by atoms with van der Waals surface area (Å²) in [5.74, 6) is -0.321. The number of carbonyl (C=O) groups excluding carboxylic acids is 1. The Morgan fingerprint density at radius 2 is 2.15 bits per heavy atom. The van der Waals surface area contributed by atoms with Crippen LogP contribution in [0.25, 0.3) is 0 Å². The van der Waals surface area contributed by atoms with Gasteiger partial charge >= 0.3 is 0 Å². The molecule has 74 valence electrons. The summed E-state index contributed by atoms with van der Waals surface area (Å²) in [6.45, 7) is 1.29. The molecule has 0 aromatic carbocycles. The van der Waals surface area contributed by atoms with E-state index in [0.717, 1.165) is 12.8 Å². The Morgan fingerprint density at radius 1 is 1.46 bits per heavy atom. The van der Waals surface area contributed by atoms with Gasteiger partial charge < -0.3 is 0 Å². The molecule has 13 heavy (non-hydrogen) atoms. The van der Waals surface area contributed by atoms with E-state index in [1.54, 1.807) is 0 Å². The molecule has 5 heteroatoms. The van der Waals surface area contributed by atoms with Gasteiger partial charge in [-0.1, -0.05) is 0 Å². The van der Waals surface area contributed by atoms with Crippen LogP contribution in [-0.2, 0) is 9.63 Å². The number of hydroxylamine groups is 2. The second kappa shape index (κ2) is 3.30. The first-order valence-electron chi connectivity index (χ1n) is 4.43. The largest absolute Gasteiger partial charge is 0.272 e. The quantitative estimate of drug-likeness (QED) is 0.635. The lowest BCUT2D eigenvalue weighted by molar-refractivity contribution is -0.198. The maximum absolute atomic E-state index is 11.6. The Balaban J connectivity index is 1.90. The van der Waals surface area contributed by atoms with Gasteiger partial charge in [0.15, 0.2) is 0 Å². The van der Waals surface area contributed by atoms with Gasteiger partial charge in [-0.3, -0.25) is 9.63 Å². The van der Waals surface area contributed by atoms with Crippen LogP contribution in [0.5, 0.6) is 0 Å². The van der Waals surface area contributed by atoms with Crippen molar-refractivity contribution < 1.29 is 9.63 Å². The minimum Gasteiger partial charge on any atom is -0.272 e. The first-order valence-corrected chi connectivity index (χ1v) is 5.19. The molecule has 2 fully saturated rings. The van der Waals surface area contributed by atoms with Gasteiger partial charge in [0.25, 0.3) is 5.91 Å². The fourth-order valence-corrected chi connectivity index (χ4v) is 1.92. The monoisotopic (exact) mass is 223 g/mol. The molecule has 1 aliphatic carbocycles. The molecule has 1 heterocycles. The molecule has 0 spiro atoms. The average molecular weight is 224 g/mol. The number of hydrogen-bond acceptors (Lipinski definition) is 2. The highest BCUT2D eigenvalue weighted by Gasteiger charge is 2.57.